The third-order valence-corrected chi connectivity index (χ3v) is 5.55. The maximum absolute atomic E-state index is 4.79. The van der Waals surface area contributed by atoms with Crippen LogP contribution < -0.4 is 0 Å². The molecule has 8 heteroatoms. The zero-order chi connectivity index (χ0) is 21.7. The van der Waals surface area contributed by atoms with E-state index in [0.717, 1.165) is 45.9 Å². The summed E-state index contributed by atoms with van der Waals surface area (Å²) in [7, 11) is 0. The zero-order valence-corrected chi connectivity index (χ0v) is 17.7. The van der Waals surface area contributed by atoms with Crippen LogP contribution in [0.5, 0.6) is 0 Å². The van der Waals surface area contributed by atoms with Gasteiger partial charge in [-0.15, -0.1) is 5.10 Å². The molecule has 2 aromatic carbocycles. The monoisotopic (exact) mass is 420 g/mol. The molecule has 4 heterocycles. The van der Waals surface area contributed by atoms with Crippen molar-refractivity contribution in [2.75, 3.05) is 0 Å². The van der Waals surface area contributed by atoms with E-state index >= 15 is 0 Å². The molecule has 8 nitrogen and oxygen atoms in total. The van der Waals surface area contributed by atoms with Gasteiger partial charge in [-0.3, -0.25) is 4.68 Å². The Morgan fingerprint density at radius 1 is 0.875 bits per heavy atom. The second-order valence-corrected chi connectivity index (χ2v) is 7.86. The summed E-state index contributed by atoms with van der Waals surface area (Å²) >= 11 is 0. The SMILES string of the molecule is Cc1cc(C)n(Cc2ccc(-c3nc4c5cnn(-c6ccccc6)c5ncn4n3)cc2)n1. The Morgan fingerprint density at radius 2 is 1.69 bits per heavy atom. The maximum Gasteiger partial charge on any atom is 0.182 e. The molecule has 156 valence electrons. The van der Waals surface area contributed by atoms with E-state index in [9.17, 15) is 0 Å². The Kier molecular flexibility index (Phi) is 4.10. The Balaban J connectivity index is 1.35. The lowest BCUT2D eigenvalue weighted by molar-refractivity contribution is 0.659. The van der Waals surface area contributed by atoms with E-state index in [1.807, 2.05) is 58.8 Å². The minimum absolute atomic E-state index is 0.657. The number of para-hydroxylation sites is 1. The third-order valence-electron chi connectivity index (χ3n) is 5.55. The van der Waals surface area contributed by atoms with Crippen LogP contribution in [0.3, 0.4) is 0 Å². The predicted octanol–water partition coefficient (Wildman–Crippen LogP) is 3.99. The summed E-state index contributed by atoms with van der Waals surface area (Å²) in [6, 6.07) is 20.3. The molecular weight excluding hydrogens is 400 g/mol. The molecule has 4 aromatic heterocycles. The lowest BCUT2D eigenvalue weighted by Gasteiger charge is -2.05. The summed E-state index contributed by atoms with van der Waals surface area (Å²) < 4.78 is 5.54. The quantitative estimate of drug-likeness (QED) is 0.431. The van der Waals surface area contributed by atoms with E-state index in [0.29, 0.717) is 5.82 Å². The lowest BCUT2D eigenvalue weighted by atomic mass is 10.1. The smallest absolute Gasteiger partial charge is 0.182 e. The number of aromatic nitrogens is 8. The van der Waals surface area contributed by atoms with Gasteiger partial charge in [0.05, 0.1) is 29.5 Å². The van der Waals surface area contributed by atoms with Crippen molar-refractivity contribution in [1.82, 2.24) is 39.1 Å². The Hall–Kier alpha value is -4.33. The van der Waals surface area contributed by atoms with Gasteiger partial charge in [-0.05, 0) is 37.6 Å². The molecule has 0 bridgehead atoms. The summed E-state index contributed by atoms with van der Waals surface area (Å²) in [4.78, 5) is 9.37. The summed E-state index contributed by atoms with van der Waals surface area (Å²) in [5.41, 5.74) is 6.76. The first kappa shape index (κ1) is 18.4. The minimum atomic E-state index is 0.657. The van der Waals surface area contributed by atoms with Gasteiger partial charge in [0.25, 0.3) is 0 Å². The average Bonchev–Trinajstić information content (AvgIpc) is 3.51. The molecule has 0 spiro atoms. The van der Waals surface area contributed by atoms with E-state index in [1.165, 1.54) is 5.56 Å². The first-order valence-corrected chi connectivity index (χ1v) is 10.4. The molecule has 0 unspecified atom stereocenters. The van der Waals surface area contributed by atoms with Gasteiger partial charge in [0.2, 0.25) is 0 Å². The molecule has 0 N–H and O–H groups in total. The molecule has 0 aliphatic heterocycles. The molecule has 0 aliphatic rings. The van der Waals surface area contributed by atoms with Crippen molar-refractivity contribution in [2.24, 2.45) is 0 Å². The largest absolute Gasteiger partial charge is 0.265 e. The predicted molar refractivity (Wildman–Crippen MR) is 122 cm³/mol. The standard InChI is InChI=1S/C24H20N8/c1-16-12-17(2)30(28-16)14-18-8-10-19(11-9-18)22-27-24-21-13-26-32(20-6-4-3-5-7-20)23(21)25-15-31(24)29-22/h3-13,15H,14H2,1-2H3. The number of benzene rings is 2. The second kappa shape index (κ2) is 7.12. The molecule has 6 aromatic rings. The van der Waals surface area contributed by atoms with Crippen LogP contribution in [-0.2, 0) is 6.54 Å². The van der Waals surface area contributed by atoms with Gasteiger partial charge in [0, 0.05) is 11.3 Å². The fraction of sp³-hybridized carbons (Fsp3) is 0.125. The van der Waals surface area contributed by atoms with E-state index in [-0.39, 0.29) is 0 Å². The average molecular weight is 420 g/mol. The molecule has 0 aliphatic carbocycles. The van der Waals surface area contributed by atoms with Gasteiger partial charge < -0.3 is 0 Å². The van der Waals surface area contributed by atoms with Crippen LogP contribution >= 0.6 is 0 Å². The molecule has 0 saturated heterocycles. The molecular formula is C24H20N8. The number of rotatable bonds is 4. The molecule has 0 fully saturated rings. The lowest BCUT2D eigenvalue weighted by Crippen LogP contribution is -2.03. The van der Waals surface area contributed by atoms with Gasteiger partial charge in [-0.2, -0.15) is 10.2 Å². The van der Waals surface area contributed by atoms with Crippen LogP contribution in [0.25, 0.3) is 33.8 Å². The first-order valence-electron chi connectivity index (χ1n) is 10.4. The fourth-order valence-corrected chi connectivity index (χ4v) is 3.97. The van der Waals surface area contributed by atoms with Crippen molar-refractivity contribution in [3.05, 3.63) is 90.1 Å². The summed E-state index contributed by atoms with van der Waals surface area (Å²) in [6.07, 6.45) is 3.48. The van der Waals surface area contributed by atoms with E-state index in [1.54, 1.807) is 17.0 Å². The van der Waals surface area contributed by atoms with Crippen molar-refractivity contribution in [1.29, 1.82) is 0 Å². The van der Waals surface area contributed by atoms with E-state index < -0.39 is 0 Å². The van der Waals surface area contributed by atoms with Gasteiger partial charge in [0.15, 0.2) is 17.1 Å². The summed E-state index contributed by atoms with van der Waals surface area (Å²) in [5, 5.41) is 14.6. The molecule has 0 amide bonds. The Bertz CT molecular complexity index is 1560. The summed E-state index contributed by atoms with van der Waals surface area (Å²) in [5.74, 6) is 0.657. The first-order chi connectivity index (χ1) is 15.7. The maximum atomic E-state index is 4.79. The highest BCUT2D eigenvalue weighted by molar-refractivity contribution is 5.89. The number of nitrogens with zero attached hydrogens (tertiary/aromatic N) is 8. The third kappa shape index (κ3) is 3.04. The van der Waals surface area contributed by atoms with Crippen LogP contribution in [0.1, 0.15) is 17.0 Å². The molecule has 0 saturated carbocycles. The van der Waals surface area contributed by atoms with Crippen LogP contribution in [-0.4, -0.2) is 39.1 Å². The fourth-order valence-electron chi connectivity index (χ4n) is 3.97. The topological polar surface area (TPSA) is 78.7 Å². The van der Waals surface area contributed by atoms with Crippen LogP contribution in [0.15, 0.2) is 73.2 Å². The van der Waals surface area contributed by atoms with E-state index in [2.05, 4.69) is 45.4 Å². The highest BCUT2D eigenvalue weighted by Crippen LogP contribution is 2.23. The molecule has 0 radical (unpaired) electrons. The van der Waals surface area contributed by atoms with Gasteiger partial charge in [0.1, 0.15) is 6.33 Å². The van der Waals surface area contributed by atoms with Crippen molar-refractivity contribution < 1.29 is 0 Å². The molecule has 32 heavy (non-hydrogen) atoms. The zero-order valence-electron chi connectivity index (χ0n) is 17.7. The molecule has 0 atom stereocenters. The van der Waals surface area contributed by atoms with Crippen molar-refractivity contribution in [3.8, 4) is 17.1 Å². The van der Waals surface area contributed by atoms with Crippen molar-refractivity contribution in [2.45, 2.75) is 20.4 Å². The highest BCUT2D eigenvalue weighted by atomic mass is 15.3. The Morgan fingerprint density at radius 3 is 2.44 bits per heavy atom. The second-order valence-electron chi connectivity index (χ2n) is 7.86. The summed E-state index contributed by atoms with van der Waals surface area (Å²) in [6.45, 7) is 4.82. The Labute approximate surface area is 183 Å². The minimum Gasteiger partial charge on any atom is -0.265 e. The normalized spacial score (nSPS) is 11.6. The van der Waals surface area contributed by atoms with Crippen molar-refractivity contribution >= 4 is 16.7 Å². The van der Waals surface area contributed by atoms with E-state index in [4.69, 9.17) is 4.98 Å². The van der Waals surface area contributed by atoms with Crippen molar-refractivity contribution in [3.63, 3.8) is 0 Å². The molecule has 6 rings (SSSR count). The highest BCUT2D eigenvalue weighted by Gasteiger charge is 2.14. The number of aryl methyl sites for hydroxylation is 2. The van der Waals surface area contributed by atoms with Crippen LogP contribution in [0.4, 0.5) is 0 Å². The van der Waals surface area contributed by atoms with Gasteiger partial charge >= 0.3 is 0 Å². The van der Waals surface area contributed by atoms with Gasteiger partial charge in [-0.25, -0.2) is 19.2 Å². The van der Waals surface area contributed by atoms with Crippen LogP contribution in [0.2, 0.25) is 0 Å². The van der Waals surface area contributed by atoms with Crippen LogP contribution in [0, 0.1) is 13.8 Å². The number of hydrogen-bond acceptors (Lipinski definition) is 5. The number of fused-ring (bicyclic) bond motifs is 3. The van der Waals surface area contributed by atoms with Gasteiger partial charge in [-0.1, -0.05) is 42.5 Å². The number of hydrogen-bond donors (Lipinski definition) is 0.